The number of aromatic amines is 1. The van der Waals surface area contributed by atoms with Gasteiger partial charge in [0.15, 0.2) is 0 Å². The number of hydrogen-bond donors (Lipinski definition) is 5. The van der Waals surface area contributed by atoms with E-state index < -0.39 is 24.2 Å². The maximum atomic E-state index is 13.2. The minimum atomic E-state index is -0.882. The second kappa shape index (κ2) is 18.6. The molecule has 0 radical (unpaired) electrons. The number of aromatic hydroxyl groups is 1. The molecule has 310 valence electrons. The molecule has 5 heterocycles. The molecule has 60 heavy (non-hydrogen) atoms. The minimum absolute atomic E-state index is 0.0636. The van der Waals surface area contributed by atoms with E-state index in [9.17, 15) is 24.6 Å². The third-order valence-corrected chi connectivity index (χ3v) is 11.2. The molecule has 3 fully saturated rings. The monoisotopic (exact) mass is 812 g/mol. The highest BCUT2D eigenvalue weighted by molar-refractivity contribution is 5.89. The largest absolute Gasteiger partial charge is 0.506 e. The summed E-state index contributed by atoms with van der Waals surface area (Å²) in [4.78, 5) is 42.7. The van der Waals surface area contributed by atoms with Crippen molar-refractivity contribution < 1.29 is 34.0 Å². The van der Waals surface area contributed by atoms with Crippen molar-refractivity contribution in [3.05, 3.63) is 159 Å². The molecule has 14 nitrogen and oxygen atoms in total. The Morgan fingerprint density at radius 2 is 1.72 bits per heavy atom. The summed E-state index contributed by atoms with van der Waals surface area (Å²) in [5, 5.41) is 32.2. The third kappa shape index (κ3) is 9.85. The Hall–Kier alpha value is -6.48. The van der Waals surface area contributed by atoms with Crippen LogP contribution >= 0.6 is 0 Å². The Labute approximate surface area is 346 Å². The Morgan fingerprint density at radius 1 is 0.917 bits per heavy atom. The van der Waals surface area contributed by atoms with Crippen LogP contribution in [0.5, 0.6) is 11.5 Å². The average Bonchev–Trinajstić information content (AvgIpc) is 3.73. The fraction of sp³-hybridized carbons (Fsp3) is 0.304. The lowest BCUT2D eigenvalue weighted by atomic mass is 9.86. The lowest BCUT2D eigenvalue weighted by molar-refractivity contribution is -0.0336. The molecule has 0 saturated carbocycles. The van der Waals surface area contributed by atoms with Crippen molar-refractivity contribution in [2.24, 2.45) is 5.92 Å². The number of amides is 1. The Kier molecular flexibility index (Phi) is 12.5. The Morgan fingerprint density at radius 3 is 2.50 bits per heavy atom. The number of rotatable bonds is 16. The predicted molar refractivity (Wildman–Crippen MR) is 223 cm³/mol. The van der Waals surface area contributed by atoms with Gasteiger partial charge in [-0.05, 0) is 90.5 Å². The van der Waals surface area contributed by atoms with Gasteiger partial charge in [0.05, 0.1) is 36.0 Å². The molecule has 4 aromatic carbocycles. The van der Waals surface area contributed by atoms with Crippen LogP contribution in [-0.4, -0.2) is 80.8 Å². The van der Waals surface area contributed by atoms with Gasteiger partial charge in [-0.15, -0.1) is 0 Å². The molecule has 1 amide bonds. The smallest absolute Gasteiger partial charge is 0.408 e. The second-order valence-corrected chi connectivity index (χ2v) is 15.3. The summed E-state index contributed by atoms with van der Waals surface area (Å²) in [5.74, 6) is 0.543. The molecular weight excluding hydrogens is 765 g/mol. The number of piperidine rings is 3. The van der Waals surface area contributed by atoms with Crippen molar-refractivity contribution >= 4 is 23.0 Å². The number of esters is 1. The van der Waals surface area contributed by atoms with E-state index in [1.807, 2.05) is 72.9 Å². The molecule has 5 N–H and O–H groups in total. The second-order valence-electron chi connectivity index (χ2n) is 15.3. The number of nitrogens with zero attached hydrogens (tertiary/aromatic N) is 3. The third-order valence-electron chi connectivity index (χ3n) is 11.2. The summed E-state index contributed by atoms with van der Waals surface area (Å²) in [6, 6.07) is 30.1. The number of phenols is 1. The van der Waals surface area contributed by atoms with Crippen LogP contribution in [0.2, 0.25) is 0 Å². The van der Waals surface area contributed by atoms with E-state index in [4.69, 9.17) is 14.2 Å². The van der Waals surface area contributed by atoms with Crippen LogP contribution in [0.3, 0.4) is 0 Å². The number of nitrogens with one attached hydrogen (secondary N) is 3. The molecule has 9 rings (SSSR count). The van der Waals surface area contributed by atoms with E-state index in [0.29, 0.717) is 41.3 Å². The minimum Gasteiger partial charge on any atom is -0.506 e. The van der Waals surface area contributed by atoms with E-state index in [2.05, 4.69) is 25.6 Å². The first kappa shape index (κ1) is 40.3. The van der Waals surface area contributed by atoms with Gasteiger partial charge in [0.2, 0.25) is 5.56 Å². The highest BCUT2D eigenvalue weighted by atomic mass is 16.6. The van der Waals surface area contributed by atoms with Crippen molar-refractivity contribution in [3.63, 3.8) is 0 Å². The Bertz CT molecular complexity index is 2460. The topological polar surface area (TPSA) is 180 Å². The van der Waals surface area contributed by atoms with Crippen LogP contribution in [0.25, 0.3) is 10.9 Å². The highest BCUT2D eigenvalue weighted by Gasteiger charge is 2.37. The number of aromatic nitrogens is 3. The summed E-state index contributed by atoms with van der Waals surface area (Å²) in [5.41, 5.74) is 4.48. The summed E-state index contributed by atoms with van der Waals surface area (Å²) in [6.45, 7) is 4.36. The van der Waals surface area contributed by atoms with Gasteiger partial charge in [-0.25, -0.2) is 9.59 Å². The summed E-state index contributed by atoms with van der Waals surface area (Å²) in [6.07, 6.45) is 4.26. The number of phenolic OH excluding ortho intramolecular Hbond substituents is 1. The first-order valence-corrected chi connectivity index (χ1v) is 20.2. The van der Waals surface area contributed by atoms with E-state index in [1.54, 1.807) is 35.1 Å². The molecule has 0 spiro atoms. The molecule has 0 aliphatic carbocycles. The van der Waals surface area contributed by atoms with E-state index in [1.165, 1.54) is 12.1 Å². The summed E-state index contributed by atoms with van der Waals surface area (Å²) < 4.78 is 19.3. The zero-order valence-corrected chi connectivity index (χ0v) is 33.0. The van der Waals surface area contributed by atoms with Crippen LogP contribution < -0.4 is 20.9 Å². The van der Waals surface area contributed by atoms with Gasteiger partial charge >= 0.3 is 12.1 Å². The first-order chi connectivity index (χ1) is 29.3. The number of H-pyrrole nitrogens is 1. The van der Waals surface area contributed by atoms with Crippen molar-refractivity contribution in [1.82, 2.24) is 30.3 Å². The van der Waals surface area contributed by atoms with Gasteiger partial charge in [0.1, 0.15) is 30.8 Å². The van der Waals surface area contributed by atoms with Crippen molar-refractivity contribution in [1.29, 1.82) is 0 Å². The molecule has 2 unspecified atom stereocenters. The Balaban J connectivity index is 0.786. The molecule has 6 aromatic rings. The highest BCUT2D eigenvalue weighted by Crippen LogP contribution is 2.31. The van der Waals surface area contributed by atoms with Gasteiger partial charge in [-0.1, -0.05) is 60.7 Å². The lowest BCUT2D eigenvalue weighted by Gasteiger charge is -2.43. The lowest BCUT2D eigenvalue weighted by Crippen LogP contribution is -2.52. The van der Waals surface area contributed by atoms with Crippen LogP contribution in [0.1, 0.15) is 63.2 Å². The van der Waals surface area contributed by atoms with Crippen molar-refractivity contribution in [2.45, 2.75) is 50.8 Å². The number of benzene rings is 4. The zero-order chi connectivity index (χ0) is 41.4. The van der Waals surface area contributed by atoms with Gasteiger partial charge in [-0.3, -0.25) is 14.4 Å². The van der Waals surface area contributed by atoms with Crippen LogP contribution in [0, 0.1) is 5.92 Å². The maximum Gasteiger partial charge on any atom is 0.408 e. The fourth-order valence-corrected chi connectivity index (χ4v) is 7.97. The number of aliphatic hydroxyl groups excluding tert-OH is 1. The number of aliphatic hydroxyl groups is 1. The molecule has 2 bridgehead atoms. The number of hydrogen-bond acceptors (Lipinski definition) is 11. The van der Waals surface area contributed by atoms with Gasteiger partial charge in [0.25, 0.3) is 0 Å². The molecular formula is C46H48N6O8. The van der Waals surface area contributed by atoms with Crippen LogP contribution in [-0.2, 0) is 29.2 Å². The molecule has 3 atom stereocenters. The summed E-state index contributed by atoms with van der Waals surface area (Å²) >= 11 is 0. The first-order valence-electron chi connectivity index (χ1n) is 20.2. The maximum absolute atomic E-state index is 13.2. The van der Waals surface area contributed by atoms with E-state index in [-0.39, 0.29) is 42.7 Å². The predicted octanol–water partition coefficient (Wildman–Crippen LogP) is 5.60. The number of carbonyl (C=O) groups excluding carboxylic acids is 2. The molecule has 3 aliphatic heterocycles. The quantitative estimate of drug-likeness (QED) is 0.0769. The van der Waals surface area contributed by atoms with Crippen LogP contribution in [0.15, 0.2) is 120 Å². The standard InChI is InChI=1S/C46H48N6O8/c53-39-15-13-37(38-14-16-42(55)49-44(38)39)40(54)26-47-24-31-25-48-52(27-31)21-22-58-45(56)34-11-9-30(10-12-34)29-59-36-8-4-7-35(23-36)43(33-5-2-1-3-6-33)50-46(57)60-41-28-51-19-17-32(41)18-20-51/h1-16,23,25,27,32,40-41,43,47,53-54H,17-22,24,26,28-29H2,(H,49,55)(H,50,57)/t40?,41?,43-/m0/s1. The number of carbonyl (C=O) groups is 2. The zero-order valence-electron chi connectivity index (χ0n) is 33.0. The van der Waals surface area contributed by atoms with E-state index >= 15 is 0 Å². The molecule has 14 heteroatoms. The van der Waals surface area contributed by atoms with Crippen molar-refractivity contribution in [2.75, 3.05) is 32.8 Å². The van der Waals surface area contributed by atoms with E-state index in [0.717, 1.165) is 54.7 Å². The molecule has 3 aliphatic rings. The van der Waals surface area contributed by atoms with Gasteiger partial charge < -0.3 is 40.0 Å². The normalized spacial score (nSPS) is 18.1. The number of pyridine rings is 1. The van der Waals surface area contributed by atoms with Crippen molar-refractivity contribution in [3.8, 4) is 11.5 Å². The SMILES string of the molecule is O=C(N[C@@H](c1ccccc1)c1cccc(OCc2ccc(C(=O)OCCn3cc(CNCC(O)c4ccc(O)c5[nH]c(=O)ccc45)cn3)cc2)c1)OC1CN2CCC1CC2. The fourth-order valence-electron chi connectivity index (χ4n) is 7.97. The molecule has 2 aromatic heterocycles. The molecule has 3 saturated heterocycles. The average molecular weight is 813 g/mol. The van der Waals surface area contributed by atoms with Gasteiger partial charge in [0, 0.05) is 42.8 Å². The van der Waals surface area contributed by atoms with Crippen LogP contribution in [0.4, 0.5) is 4.79 Å². The summed E-state index contributed by atoms with van der Waals surface area (Å²) in [7, 11) is 0. The van der Waals surface area contributed by atoms with Gasteiger partial charge in [-0.2, -0.15) is 5.10 Å². The number of alkyl carbamates (subject to hydrolysis) is 1. The number of ether oxygens (including phenoxy) is 3. The number of fused-ring (bicyclic) bond motifs is 4.